The molecule has 1 N–H and O–H groups in total. The maximum atomic E-state index is 12.1. The maximum absolute atomic E-state index is 12.1. The maximum Gasteiger partial charge on any atom is 0.338 e. The zero-order valence-corrected chi connectivity index (χ0v) is 16.0. The molecule has 0 spiro atoms. The van der Waals surface area contributed by atoms with Crippen LogP contribution in [0.3, 0.4) is 0 Å². The predicted molar refractivity (Wildman–Crippen MR) is 107 cm³/mol. The molecule has 0 fully saturated rings. The average Bonchev–Trinajstić information content (AvgIpc) is 3.27. The van der Waals surface area contributed by atoms with Crippen molar-refractivity contribution in [3.8, 4) is 11.5 Å². The molecule has 1 amide bonds. The lowest BCUT2D eigenvalue weighted by molar-refractivity contribution is 0.0450. The number of ether oxygens (including phenoxy) is 3. The molecule has 144 valence electrons. The van der Waals surface area contributed by atoms with Crippen LogP contribution in [0.25, 0.3) is 0 Å². The van der Waals surface area contributed by atoms with Gasteiger partial charge in [-0.15, -0.1) is 11.3 Å². The smallest absolute Gasteiger partial charge is 0.338 e. The zero-order chi connectivity index (χ0) is 19.8. The minimum absolute atomic E-state index is 0.127. The SMILES string of the molecule is COc1ccc(OCCOC(=O)c2ccc(NC(=O)c3cccs3)cc2)cc1. The van der Waals surface area contributed by atoms with Crippen LogP contribution >= 0.6 is 11.3 Å². The van der Waals surface area contributed by atoms with Gasteiger partial charge in [0, 0.05) is 5.69 Å². The van der Waals surface area contributed by atoms with Crippen molar-refractivity contribution in [3.63, 3.8) is 0 Å². The lowest BCUT2D eigenvalue weighted by Gasteiger charge is -2.09. The number of esters is 1. The molecule has 1 aromatic heterocycles. The second-order valence-corrected chi connectivity index (χ2v) is 6.62. The van der Waals surface area contributed by atoms with Crippen LogP contribution in [-0.4, -0.2) is 32.2 Å². The van der Waals surface area contributed by atoms with Gasteiger partial charge in [-0.1, -0.05) is 6.07 Å². The topological polar surface area (TPSA) is 73.9 Å². The third kappa shape index (κ3) is 5.34. The summed E-state index contributed by atoms with van der Waals surface area (Å²) < 4.78 is 15.8. The Hall–Kier alpha value is -3.32. The normalized spacial score (nSPS) is 10.2. The second kappa shape index (κ2) is 9.57. The Kier molecular flexibility index (Phi) is 6.64. The average molecular weight is 397 g/mol. The van der Waals surface area contributed by atoms with E-state index in [9.17, 15) is 9.59 Å². The van der Waals surface area contributed by atoms with E-state index in [0.717, 1.165) is 5.75 Å². The molecule has 7 heteroatoms. The van der Waals surface area contributed by atoms with Gasteiger partial charge >= 0.3 is 5.97 Å². The molecule has 0 saturated heterocycles. The molecular formula is C21H19NO5S. The van der Waals surface area contributed by atoms with Crippen LogP contribution in [0.2, 0.25) is 0 Å². The first-order valence-corrected chi connectivity index (χ1v) is 9.42. The second-order valence-electron chi connectivity index (χ2n) is 5.67. The molecular weight excluding hydrogens is 378 g/mol. The molecule has 3 rings (SSSR count). The van der Waals surface area contributed by atoms with Crippen molar-refractivity contribution in [1.82, 2.24) is 0 Å². The highest BCUT2D eigenvalue weighted by Crippen LogP contribution is 2.17. The molecule has 1 heterocycles. The monoisotopic (exact) mass is 397 g/mol. The quantitative estimate of drug-likeness (QED) is 0.454. The highest BCUT2D eigenvalue weighted by molar-refractivity contribution is 7.12. The van der Waals surface area contributed by atoms with Crippen LogP contribution in [0.1, 0.15) is 20.0 Å². The minimum atomic E-state index is -0.450. The molecule has 0 bridgehead atoms. The summed E-state index contributed by atoms with van der Waals surface area (Å²) >= 11 is 1.37. The van der Waals surface area contributed by atoms with Gasteiger partial charge in [-0.2, -0.15) is 0 Å². The summed E-state index contributed by atoms with van der Waals surface area (Å²) in [6.07, 6.45) is 0. The summed E-state index contributed by atoms with van der Waals surface area (Å²) in [6, 6.07) is 17.3. The van der Waals surface area contributed by atoms with Crippen LogP contribution in [0.15, 0.2) is 66.0 Å². The van der Waals surface area contributed by atoms with E-state index in [0.29, 0.717) is 21.9 Å². The highest BCUT2D eigenvalue weighted by Gasteiger charge is 2.10. The first kappa shape index (κ1) is 19.4. The number of thiophene rings is 1. The number of rotatable bonds is 8. The fourth-order valence-electron chi connectivity index (χ4n) is 2.34. The summed E-state index contributed by atoms with van der Waals surface area (Å²) in [7, 11) is 1.60. The standard InChI is InChI=1S/C21H19NO5S/c1-25-17-8-10-18(11-9-17)26-12-13-27-21(24)15-4-6-16(7-5-15)22-20(23)19-3-2-14-28-19/h2-11,14H,12-13H2,1H3,(H,22,23). The van der Waals surface area contributed by atoms with E-state index in [1.807, 2.05) is 11.4 Å². The van der Waals surface area contributed by atoms with Crippen molar-refractivity contribution in [2.45, 2.75) is 0 Å². The zero-order valence-electron chi connectivity index (χ0n) is 15.2. The first-order valence-electron chi connectivity index (χ1n) is 8.54. The highest BCUT2D eigenvalue weighted by atomic mass is 32.1. The fraction of sp³-hybridized carbons (Fsp3) is 0.143. The molecule has 0 unspecified atom stereocenters. The molecule has 0 aliphatic heterocycles. The Bertz CT molecular complexity index is 905. The van der Waals surface area contributed by atoms with Crippen LogP contribution in [-0.2, 0) is 4.74 Å². The van der Waals surface area contributed by atoms with E-state index >= 15 is 0 Å². The number of carbonyl (C=O) groups is 2. The Morgan fingerprint density at radius 2 is 1.64 bits per heavy atom. The number of amides is 1. The van der Waals surface area contributed by atoms with Gasteiger partial charge in [0.15, 0.2) is 0 Å². The van der Waals surface area contributed by atoms with Gasteiger partial charge in [-0.3, -0.25) is 4.79 Å². The van der Waals surface area contributed by atoms with E-state index in [4.69, 9.17) is 14.2 Å². The van der Waals surface area contributed by atoms with E-state index in [-0.39, 0.29) is 19.1 Å². The summed E-state index contributed by atoms with van der Waals surface area (Å²) in [6.45, 7) is 0.370. The summed E-state index contributed by atoms with van der Waals surface area (Å²) in [5, 5.41) is 4.62. The molecule has 2 aromatic carbocycles. The van der Waals surface area contributed by atoms with Crippen LogP contribution in [0.4, 0.5) is 5.69 Å². The molecule has 0 saturated carbocycles. The van der Waals surface area contributed by atoms with E-state index in [1.165, 1.54) is 11.3 Å². The van der Waals surface area contributed by atoms with E-state index in [1.54, 1.807) is 61.7 Å². The Labute approximate surface area is 166 Å². The first-order chi connectivity index (χ1) is 13.7. The van der Waals surface area contributed by atoms with Gasteiger partial charge in [0.05, 0.1) is 17.6 Å². The molecule has 3 aromatic rings. The molecule has 0 radical (unpaired) electrons. The van der Waals surface area contributed by atoms with Gasteiger partial charge in [-0.25, -0.2) is 4.79 Å². The molecule has 0 aliphatic rings. The predicted octanol–water partition coefficient (Wildman–Crippen LogP) is 4.24. The van der Waals surface area contributed by atoms with Gasteiger partial charge in [0.25, 0.3) is 5.91 Å². The number of anilines is 1. The Morgan fingerprint density at radius 1 is 0.929 bits per heavy atom. The number of carbonyl (C=O) groups excluding carboxylic acids is 2. The summed E-state index contributed by atoms with van der Waals surface area (Å²) in [5.41, 5.74) is 1.01. The van der Waals surface area contributed by atoms with Crippen molar-refractivity contribution in [3.05, 3.63) is 76.5 Å². The van der Waals surface area contributed by atoms with Crippen LogP contribution < -0.4 is 14.8 Å². The Balaban J connectivity index is 1.43. The number of hydrogen-bond acceptors (Lipinski definition) is 6. The third-order valence-corrected chi connectivity index (χ3v) is 4.64. The summed E-state index contributed by atoms with van der Waals surface area (Å²) in [4.78, 5) is 24.7. The van der Waals surface area contributed by atoms with E-state index < -0.39 is 5.97 Å². The Morgan fingerprint density at radius 3 is 2.29 bits per heavy atom. The number of nitrogens with one attached hydrogen (secondary N) is 1. The number of hydrogen-bond donors (Lipinski definition) is 1. The lowest BCUT2D eigenvalue weighted by atomic mass is 10.2. The van der Waals surface area contributed by atoms with E-state index in [2.05, 4.69) is 5.32 Å². The van der Waals surface area contributed by atoms with Crippen LogP contribution in [0, 0.1) is 0 Å². The van der Waals surface area contributed by atoms with Gasteiger partial charge in [0.2, 0.25) is 0 Å². The fourth-order valence-corrected chi connectivity index (χ4v) is 2.96. The van der Waals surface area contributed by atoms with Crippen LogP contribution in [0.5, 0.6) is 11.5 Å². The molecule has 0 atom stereocenters. The third-order valence-electron chi connectivity index (χ3n) is 3.77. The number of methoxy groups -OCH3 is 1. The summed E-state index contributed by atoms with van der Waals surface area (Å²) in [5.74, 6) is 0.784. The van der Waals surface area contributed by atoms with Gasteiger partial charge < -0.3 is 19.5 Å². The molecule has 28 heavy (non-hydrogen) atoms. The largest absolute Gasteiger partial charge is 0.497 e. The van der Waals surface area contributed by atoms with Crippen molar-refractivity contribution in [2.24, 2.45) is 0 Å². The lowest BCUT2D eigenvalue weighted by Crippen LogP contribution is -2.13. The molecule has 6 nitrogen and oxygen atoms in total. The van der Waals surface area contributed by atoms with Crippen molar-refractivity contribution in [1.29, 1.82) is 0 Å². The van der Waals surface area contributed by atoms with Gasteiger partial charge in [0.1, 0.15) is 24.7 Å². The van der Waals surface area contributed by atoms with Crippen molar-refractivity contribution >= 4 is 28.9 Å². The molecule has 0 aliphatic carbocycles. The minimum Gasteiger partial charge on any atom is -0.497 e. The van der Waals surface area contributed by atoms with Crippen molar-refractivity contribution in [2.75, 3.05) is 25.6 Å². The van der Waals surface area contributed by atoms with Gasteiger partial charge in [-0.05, 0) is 60.0 Å². The number of benzene rings is 2. The van der Waals surface area contributed by atoms with Crippen molar-refractivity contribution < 1.29 is 23.8 Å².